The molecule has 0 saturated carbocycles. The number of halogens is 1. The van der Waals surface area contributed by atoms with E-state index in [9.17, 15) is 4.79 Å². The van der Waals surface area contributed by atoms with Crippen LogP contribution in [0.3, 0.4) is 0 Å². The van der Waals surface area contributed by atoms with Crippen LogP contribution in [0, 0.1) is 28.1 Å². The fourth-order valence-electron chi connectivity index (χ4n) is 1.18. The second-order valence-electron chi connectivity index (χ2n) is 2.98. The molecule has 0 unspecified atom stereocenters. The van der Waals surface area contributed by atoms with Gasteiger partial charge in [0, 0.05) is 6.42 Å². The molecule has 2 atom stereocenters. The van der Waals surface area contributed by atoms with Gasteiger partial charge in [0.1, 0.15) is 10.8 Å². The molecule has 0 radical (unpaired) electrons. The molecule has 0 N–H and O–H groups in total. The van der Waals surface area contributed by atoms with E-state index in [0.29, 0.717) is 0 Å². The number of carbonyl (C=O) groups excluding carboxylic acids is 1. The molecule has 5 heteroatoms. The average molecular weight is 243 g/mol. The molecule has 0 fully saturated rings. The smallest absolute Gasteiger partial charge is 0.209 e. The van der Waals surface area contributed by atoms with E-state index in [4.69, 9.17) is 22.1 Å². The Morgan fingerprint density at radius 3 is 2.67 bits per heavy atom. The third-order valence-corrected chi connectivity index (χ3v) is 2.96. The van der Waals surface area contributed by atoms with Crippen LogP contribution in [0.2, 0.25) is 0 Å². The van der Waals surface area contributed by atoms with Crippen molar-refractivity contribution in [1.29, 1.82) is 10.5 Å². The summed E-state index contributed by atoms with van der Waals surface area (Å²) in [5.41, 5.74) is -1.22. The quantitative estimate of drug-likeness (QED) is 0.549. The SMILES string of the molecule is C=CC[C@@](C#N)(C[C@H](Cl)C#N)C(=O)SC. The highest BCUT2D eigenvalue weighted by molar-refractivity contribution is 8.13. The van der Waals surface area contributed by atoms with Crippen LogP contribution in [0.15, 0.2) is 12.7 Å². The zero-order valence-electron chi connectivity index (χ0n) is 8.36. The molecule has 0 heterocycles. The maximum absolute atomic E-state index is 11.6. The molecule has 0 bridgehead atoms. The molecule has 0 aromatic heterocycles. The Morgan fingerprint density at radius 1 is 1.73 bits per heavy atom. The lowest BCUT2D eigenvalue weighted by molar-refractivity contribution is -0.117. The highest BCUT2D eigenvalue weighted by atomic mass is 35.5. The fraction of sp³-hybridized carbons (Fsp3) is 0.500. The van der Waals surface area contributed by atoms with E-state index in [0.717, 1.165) is 11.8 Å². The Hall–Kier alpha value is -0.970. The number of rotatable bonds is 5. The zero-order valence-corrected chi connectivity index (χ0v) is 9.94. The van der Waals surface area contributed by atoms with Gasteiger partial charge in [-0.05, 0) is 12.7 Å². The number of hydrogen-bond donors (Lipinski definition) is 0. The van der Waals surface area contributed by atoms with Crippen molar-refractivity contribution in [2.24, 2.45) is 5.41 Å². The number of alkyl halides is 1. The van der Waals surface area contributed by atoms with Crippen LogP contribution >= 0.6 is 23.4 Å². The molecule has 15 heavy (non-hydrogen) atoms. The third kappa shape index (κ3) is 3.58. The molecule has 3 nitrogen and oxygen atoms in total. The van der Waals surface area contributed by atoms with Gasteiger partial charge in [0.2, 0.25) is 5.12 Å². The Labute approximate surface area is 98.7 Å². The lowest BCUT2D eigenvalue weighted by atomic mass is 9.83. The lowest BCUT2D eigenvalue weighted by Crippen LogP contribution is -2.29. The summed E-state index contributed by atoms with van der Waals surface area (Å²) in [6.07, 6.45) is 3.35. The number of nitrogens with zero attached hydrogens (tertiary/aromatic N) is 2. The predicted octanol–water partition coefficient (Wildman–Crippen LogP) is 2.48. The van der Waals surface area contributed by atoms with Crippen molar-refractivity contribution in [1.82, 2.24) is 0 Å². The van der Waals surface area contributed by atoms with E-state index in [2.05, 4.69) is 6.58 Å². The molecule has 0 aromatic rings. The molecule has 0 aromatic carbocycles. The Bertz CT molecular complexity index is 331. The molecule has 0 amide bonds. The summed E-state index contributed by atoms with van der Waals surface area (Å²) in [5.74, 6) is 0. The van der Waals surface area contributed by atoms with E-state index in [-0.39, 0.29) is 18.0 Å². The number of carbonyl (C=O) groups is 1. The topological polar surface area (TPSA) is 64.7 Å². The van der Waals surface area contributed by atoms with E-state index in [1.54, 1.807) is 6.26 Å². The minimum absolute atomic E-state index is 0.0350. The van der Waals surface area contributed by atoms with Crippen LogP contribution < -0.4 is 0 Å². The molecule has 80 valence electrons. The highest BCUT2D eigenvalue weighted by Gasteiger charge is 2.38. The molecule has 0 saturated heterocycles. The lowest BCUT2D eigenvalue weighted by Gasteiger charge is -2.22. The standard InChI is InChI=1S/C10H11ClN2OS/c1-3-4-10(7-13,9(14)15-2)5-8(11)6-12/h3,8H,1,4-5H2,2H3/t8-,10-/m0/s1. The van der Waals surface area contributed by atoms with Gasteiger partial charge < -0.3 is 0 Å². The number of thioether (sulfide) groups is 1. The summed E-state index contributed by atoms with van der Waals surface area (Å²) in [5, 5.41) is 16.5. The summed E-state index contributed by atoms with van der Waals surface area (Å²) in [6.45, 7) is 3.50. The molecule has 0 rings (SSSR count). The van der Waals surface area contributed by atoms with E-state index >= 15 is 0 Å². The fourth-order valence-corrected chi connectivity index (χ4v) is 2.05. The van der Waals surface area contributed by atoms with Gasteiger partial charge in [-0.2, -0.15) is 10.5 Å². The van der Waals surface area contributed by atoms with Gasteiger partial charge in [0.05, 0.1) is 12.1 Å². The van der Waals surface area contributed by atoms with Gasteiger partial charge in [-0.15, -0.1) is 18.2 Å². The molecular weight excluding hydrogens is 232 g/mol. The minimum atomic E-state index is -1.22. The van der Waals surface area contributed by atoms with Crippen LogP contribution in [-0.2, 0) is 4.79 Å². The van der Waals surface area contributed by atoms with Crippen LogP contribution in [0.4, 0.5) is 0 Å². The zero-order chi connectivity index (χ0) is 11.9. The van der Waals surface area contributed by atoms with Gasteiger partial charge in [0.25, 0.3) is 0 Å². The van der Waals surface area contributed by atoms with Gasteiger partial charge in [-0.1, -0.05) is 17.8 Å². The van der Waals surface area contributed by atoms with Gasteiger partial charge in [-0.25, -0.2) is 0 Å². The van der Waals surface area contributed by atoms with Crippen LogP contribution in [0.25, 0.3) is 0 Å². The average Bonchev–Trinajstić information content (AvgIpc) is 2.26. The van der Waals surface area contributed by atoms with Crippen molar-refractivity contribution < 1.29 is 4.79 Å². The van der Waals surface area contributed by atoms with E-state index < -0.39 is 10.8 Å². The summed E-state index contributed by atoms with van der Waals surface area (Å²) in [4.78, 5) is 11.6. The third-order valence-electron chi connectivity index (χ3n) is 1.95. The minimum Gasteiger partial charge on any atom is -0.285 e. The number of nitriles is 2. The largest absolute Gasteiger partial charge is 0.285 e. The molecule has 0 aliphatic carbocycles. The van der Waals surface area contributed by atoms with Crippen LogP contribution in [-0.4, -0.2) is 16.7 Å². The van der Waals surface area contributed by atoms with E-state index in [1.807, 2.05) is 12.1 Å². The number of allylic oxidation sites excluding steroid dienone is 1. The van der Waals surface area contributed by atoms with Crippen LogP contribution in [0.1, 0.15) is 12.8 Å². The van der Waals surface area contributed by atoms with Crippen molar-refractivity contribution in [3.8, 4) is 12.1 Å². The normalized spacial score (nSPS) is 15.5. The molecule has 0 spiro atoms. The molecule has 0 aliphatic heterocycles. The van der Waals surface area contributed by atoms with E-state index in [1.165, 1.54) is 6.08 Å². The maximum atomic E-state index is 11.6. The van der Waals surface area contributed by atoms with Crippen LogP contribution in [0.5, 0.6) is 0 Å². The van der Waals surface area contributed by atoms with Crippen molar-refractivity contribution >= 4 is 28.5 Å². The highest BCUT2D eigenvalue weighted by Crippen LogP contribution is 2.34. The van der Waals surface area contributed by atoms with Crippen molar-refractivity contribution in [3.63, 3.8) is 0 Å². The molecule has 0 aliphatic rings. The van der Waals surface area contributed by atoms with Crippen molar-refractivity contribution in [2.45, 2.75) is 18.2 Å². The second kappa shape index (κ2) is 6.50. The first-order valence-corrected chi connectivity index (χ1v) is 5.86. The number of hydrogen-bond acceptors (Lipinski definition) is 4. The monoisotopic (exact) mass is 242 g/mol. The first-order valence-electron chi connectivity index (χ1n) is 4.20. The Balaban J connectivity index is 5.00. The summed E-state index contributed by atoms with van der Waals surface area (Å²) in [6, 6.07) is 3.77. The van der Waals surface area contributed by atoms with Gasteiger partial charge in [-0.3, -0.25) is 4.79 Å². The van der Waals surface area contributed by atoms with Crippen molar-refractivity contribution in [2.75, 3.05) is 6.26 Å². The summed E-state index contributed by atoms with van der Waals surface area (Å²) < 4.78 is 0. The van der Waals surface area contributed by atoms with Gasteiger partial charge >= 0.3 is 0 Å². The first-order chi connectivity index (χ1) is 7.06. The Kier molecular flexibility index (Phi) is 6.08. The predicted molar refractivity (Wildman–Crippen MR) is 61.3 cm³/mol. The maximum Gasteiger partial charge on any atom is 0.209 e. The second-order valence-corrected chi connectivity index (χ2v) is 4.28. The Morgan fingerprint density at radius 2 is 2.33 bits per heavy atom. The summed E-state index contributed by atoms with van der Waals surface area (Å²) in [7, 11) is 0. The van der Waals surface area contributed by atoms with Gasteiger partial charge in [0.15, 0.2) is 0 Å². The first kappa shape index (κ1) is 14.0. The summed E-state index contributed by atoms with van der Waals surface area (Å²) >= 11 is 6.63. The molecular formula is C10H11ClN2OS. The van der Waals surface area contributed by atoms with Crippen molar-refractivity contribution in [3.05, 3.63) is 12.7 Å².